The summed E-state index contributed by atoms with van der Waals surface area (Å²) in [5.41, 5.74) is 2.10. The smallest absolute Gasteiger partial charge is 0.264 e. The second kappa shape index (κ2) is 14.6. The van der Waals surface area contributed by atoms with E-state index in [0.29, 0.717) is 0 Å². The molecule has 4 aromatic rings. The van der Waals surface area contributed by atoms with Gasteiger partial charge in [0.1, 0.15) is 12.6 Å². The van der Waals surface area contributed by atoms with Crippen LogP contribution in [0.2, 0.25) is 5.02 Å². The normalized spacial score (nSPS) is 12.3. The molecule has 4 rings (SSSR count). The second-order valence-corrected chi connectivity index (χ2v) is 15.1. The number of halogens is 2. The van der Waals surface area contributed by atoms with E-state index in [2.05, 4.69) is 21.2 Å². The lowest BCUT2D eigenvalue weighted by Gasteiger charge is -2.35. The van der Waals surface area contributed by atoms with Gasteiger partial charge in [0.05, 0.1) is 15.6 Å². The molecule has 0 aliphatic heterocycles. The van der Waals surface area contributed by atoms with Crippen molar-refractivity contribution in [2.24, 2.45) is 0 Å². The summed E-state index contributed by atoms with van der Waals surface area (Å²) < 4.78 is 30.1. The molecule has 1 N–H and O–H groups in total. The largest absolute Gasteiger partial charge is 0.350 e. The van der Waals surface area contributed by atoms with E-state index < -0.39 is 34.1 Å². The number of amides is 2. The van der Waals surface area contributed by atoms with Crippen LogP contribution < -0.4 is 9.62 Å². The van der Waals surface area contributed by atoms with E-state index in [1.54, 1.807) is 36.4 Å². The zero-order chi connectivity index (χ0) is 32.8. The minimum Gasteiger partial charge on any atom is -0.350 e. The van der Waals surface area contributed by atoms with Gasteiger partial charge in [-0.1, -0.05) is 99.8 Å². The minimum absolute atomic E-state index is 0.0191. The number of nitrogens with one attached hydrogen (secondary N) is 1. The highest BCUT2D eigenvalue weighted by molar-refractivity contribution is 9.10. The lowest BCUT2D eigenvalue weighted by molar-refractivity contribution is -0.140. The van der Waals surface area contributed by atoms with Crippen molar-refractivity contribution in [3.8, 4) is 0 Å². The first-order valence-electron chi connectivity index (χ1n) is 14.5. The van der Waals surface area contributed by atoms with Gasteiger partial charge in [0.25, 0.3) is 10.0 Å². The highest BCUT2D eigenvalue weighted by Gasteiger charge is 2.36. The van der Waals surface area contributed by atoms with Crippen molar-refractivity contribution in [1.29, 1.82) is 0 Å². The molecule has 10 heteroatoms. The van der Waals surface area contributed by atoms with Gasteiger partial charge in [-0.15, -0.1) is 0 Å². The lowest BCUT2D eigenvalue weighted by atomic mass is 10.0. The molecule has 0 unspecified atom stereocenters. The molecule has 0 aliphatic carbocycles. The molecule has 0 bridgehead atoms. The van der Waals surface area contributed by atoms with E-state index in [0.717, 1.165) is 25.5 Å². The van der Waals surface area contributed by atoms with E-state index in [-0.39, 0.29) is 34.5 Å². The third kappa shape index (κ3) is 9.19. The molecule has 0 aliphatic rings. The van der Waals surface area contributed by atoms with Crippen LogP contribution in [0.1, 0.15) is 37.5 Å². The van der Waals surface area contributed by atoms with Crippen LogP contribution in [0.25, 0.3) is 0 Å². The maximum absolute atomic E-state index is 14.5. The first-order valence-corrected chi connectivity index (χ1v) is 17.1. The maximum Gasteiger partial charge on any atom is 0.264 e. The maximum atomic E-state index is 14.5. The molecule has 7 nitrogen and oxygen atoms in total. The highest BCUT2D eigenvalue weighted by atomic mass is 79.9. The number of hydrogen-bond acceptors (Lipinski definition) is 4. The Kier molecular flexibility index (Phi) is 11.1. The van der Waals surface area contributed by atoms with Gasteiger partial charge < -0.3 is 10.2 Å². The van der Waals surface area contributed by atoms with Crippen molar-refractivity contribution in [2.75, 3.05) is 10.8 Å². The van der Waals surface area contributed by atoms with Crippen LogP contribution in [0, 0.1) is 6.92 Å². The van der Waals surface area contributed by atoms with Crippen LogP contribution in [0.5, 0.6) is 0 Å². The van der Waals surface area contributed by atoms with Gasteiger partial charge in [0.2, 0.25) is 11.8 Å². The number of carbonyl (C=O) groups excluding carboxylic acids is 2. The molecule has 0 fully saturated rings. The standard InChI is InChI=1S/C35H37BrClN3O4S/c1-25-17-19-29(20-18-25)45(43,44)40(31-16-9-8-15-30(31)37)24-33(41)39(23-27-13-10-14-28(36)21-27)32(34(42)38-35(2,3)4)22-26-11-6-5-7-12-26/h5-21,32H,22-24H2,1-4H3,(H,38,42)/t32-/m0/s1. The zero-order valence-corrected chi connectivity index (χ0v) is 28.9. The summed E-state index contributed by atoms with van der Waals surface area (Å²) in [4.78, 5) is 30.0. The second-order valence-electron chi connectivity index (χ2n) is 11.9. The monoisotopic (exact) mass is 709 g/mol. The molecular formula is C35H37BrClN3O4S. The van der Waals surface area contributed by atoms with Gasteiger partial charge in [-0.25, -0.2) is 8.42 Å². The van der Waals surface area contributed by atoms with Gasteiger partial charge in [-0.2, -0.15) is 0 Å². The van der Waals surface area contributed by atoms with Crippen molar-refractivity contribution in [3.63, 3.8) is 0 Å². The van der Waals surface area contributed by atoms with Gasteiger partial charge >= 0.3 is 0 Å². The first kappa shape index (κ1) is 34.2. The molecule has 45 heavy (non-hydrogen) atoms. The van der Waals surface area contributed by atoms with Gasteiger partial charge in [-0.3, -0.25) is 13.9 Å². The summed E-state index contributed by atoms with van der Waals surface area (Å²) in [6.07, 6.45) is 0.222. The Hall–Kier alpha value is -3.66. The molecule has 0 radical (unpaired) electrons. The predicted molar refractivity (Wildman–Crippen MR) is 184 cm³/mol. The topological polar surface area (TPSA) is 86.8 Å². The van der Waals surface area contributed by atoms with E-state index in [9.17, 15) is 18.0 Å². The van der Waals surface area contributed by atoms with Crippen molar-refractivity contribution in [1.82, 2.24) is 10.2 Å². The van der Waals surface area contributed by atoms with Crippen LogP contribution in [0.3, 0.4) is 0 Å². The highest BCUT2D eigenvalue weighted by Crippen LogP contribution is 2.31. The average molecular weight is 711 g/mol. The van der Waals surface area contributed by atoms with Crippen molar-refractivity contribution in [3.05, 3.63) is 129 Å². The van der Waals surface area contributed by atoms with Crippen molar-refractivity contribution >= 4 is 55.1 Å². The quantitative estimate of drug-likeness (QED) is 0.179. The molecule has 0 saturated heterocycles. The SMILES string of the molecule is Cc1ccc(S(=O)(=O)N(CC(=O)N(Cc2cccc(Br)c2)[C@@H](Cc2ccccc2)C(=O)NC(C)(C)C)c2ccccc2Cl)cc1. The number of para-hydroxylation sites is 1. The van der Waals surface area contributed by atoms with E-state index in [4.69, 9.17) is 11.6 Å². The minimum atomic E-state index is -4.24. The molecular weight excluding hydrogens is 674 g/mol. The van der Waals surface area contributed by atoms with E-state index >= 15 is 0 Å². The number of benzene rings is 4. The van der Waals surface area contributed by atoms with Gasteiger partial charge in [-0.05, 0) is 75.2 Å². The van der Waals surface area contributed by atoms with Crippen LogP contribution in [0.15, 0.2) is 112 Å². The summed E-state index contributed by atoms with van der Waals surface area (Å²) >= 11 is 10.0. The Morgan fingerprint density at radius 1 is 0.867 bits per heavy atom. The fraction of sp³-hybridized carbons (Fsp3) is 0.257. The molecule has 0 spiro atoms. The average Bonchev–Trinajstić information content (AvgIpc) is 2.98. The lowest BCUT2D eigenvalue weighted by Crippen LogP contribution is -2.56. The fourth-order valence-corrected chi connectivity index (χ4v) is 7.01. The predicted octanol–water partition coefficient (Wildman–Crippen LogP) is 7.16. The number of aryl methyl sites for hydroxylation is 1. The molecule has 0 saturated carbocycles. The third-order valence-corrected chi connectivity index (χ3v) is 9.61. The molecule has 0 heterocycles. The van der Waals surface area contributed by atoms with Crippen LogP contribution in [-0.2, 0) is 32.6 Å². The molecule has 2 amide bonds. The molecule has 236 valence electrons. The Balaban J connectivity index is 1.83. The Morgan fingerprint density at radius 3 is 2.11 bits per heavy atom. The zero-order valence-electron chi connectivity index (χ0n) is 25.7. The third-order valence-electron chi connectivity index (χ3n) is 7.02. The number of rotatable bonds is 11. The van der Waals surface area contributed by atoms with Crippen LogP contribution in [0.4, 0.5) is 5.69 Å². The number of carbonyl (C=O) groups is 2. The van der Waals surface area contributed by atoms with Gasteiger partial charge in [0.15, 0.2) is 0 Å². The first-order chi connectivity index (χ1) is 21.2. The summed E-state index contributed by atoms with van der Waals surface area (Å²) in [5.74, 6) is -0.907. The number of nitrogens with zero attached hydrogens (tertiary/aromatic N) is 2. The summed E-state index contributed by atoms with van der Waals surface area (Å²) in [6.45, 7) is 6.96. The van der Waals surface area contributed by atoms with Crippen molar-refractivity contribution in [2.45, 2.75) is 57.1 Å². The number of hydrogen-bond donors (Lipinski definition) is 1. The van der Waals surface area contributed by atoms with E-state index in [1.165, 1.54) is 17.0 Å². The van der Waals surface area contributed by atoms with E-state index in [1.807, 2.05) is 82.3 Å². The number of sulfonamides is 1. The van der Waals surface area contributed by atoms with Crippen LogP contribution in [-0.4, -0.2) is 43.3 Å². The van der Waals surface area contributed by atoms with Gasteiger partial charge in [0, 0.05) is 23.0 Å². The fourth-order valence-electron chi connectivity index (χ4n) is 4.84. The Labute approximate surface area is 279 Å². The molecule has 1 atom stereocenters. The summed E-state index contributed by atoms with van der Waals surface area (Å²) in [5, 5.41) is 3.20. The molecule has 0 aromatic heterocycles. The summed E-state index contributed by atoms with van der Waals surface area (Å²) in [6, 6.07) is 28.9. The molecule has 4 aromatic carbocycles. The van der Waals surface area contributed by atoms with Crippen molar-refractivity contribution < 1.29 is 18.0 Å². The Bertz CT molecular complexity index is 1740. The Morgan fingerprint density at radius 2 is 1.49 bits per heavy atom. The summed E-state index contributed by atoms with van der Waals surface area (Å²) in [7, 11) is -4.24. The van der Waals surface area contributed by atoms with Crippen LogP contribution >= 0.6 is 27.5 Å². The number of anilines is 1.